The predicted octanol–water partition coefficient (Wildman–Crippen LogP) is 4.32. The van der Waals surface area contributed by atoms with Crippen LogP contribution in [0.1, 0.15) is 23.6 Å². The van der Waals surface area contributed by atoms with Crippen LogP contribution in [0.5, 0.6) is 0 Å². The first kappa shape index (κ1) is 18.2. The van der Waals surface area contributed by atoms with E-state index in [2.05, 4.69) is 4.72 Å². The molecule has 126 valence electrons. The van der Waals surface area contributed by atoms with E-state index in [1.54, 1.807) is 19.1 Å². The highest BCUT2D eigenvalue weighted by Gasteiger charge is 2.11. The minimum Gasteiger partial charge on any atom is -0.402 e. The summed E-state index contributed by atoms with van der Waals surface area (Å²) in [5.41, 5.74) is 9.60. The van der Waals surface area contributed by atoms with Crippen molar-refractivity contribution in [2.75, 3.05) is 4.72 Å². The number of rotatable bonds is 5. The molecule has 0 fully saturated rings. The zero-order valence-corrected chi connectivity index (χ0v) is 15.4. The first-order valence-electron chi connectivity index (χ1n) is 7.36. The summed E-state index contributed by atoms with van der Waals surface area (Å²) >= 11 is 6.09. The van der Waals surface area contributed by atoms with Crippen molar-refractivity contribution in [1.29, 1.82) is 5.41 Å². The lowest BCUT2D eigenvalue weighted by atomic mass is 10.1. The number of benzene rings is 2. The Morgan fingerprint density at radius 3 is 2.62 bits per heavy atom. The molecule has 0 spiro atoms. The molecular weight excluding hydrogens is 342 g/mol. The molecule has 4 nitrogen and oxygen atoms in total. The molecule has 2 aromatic rings. The van der Waals surface area contributed by atoms with E-state index in [0.29, 0.717) is 32.6 Å². The molecule has 0 amide bonds. The van der Waals surface area contributed by atoms with Gasteiger partial charge in [-0.2, -0.15) is 0 Å². The van der Waals surface area contributed by atoms with Gasteiger partial charge < -0.3 is 15.9 Å². The maximum absolute atomic E-state index is 12.6. The molecule has 0 saturated carbocycles. The van der Waals surface area contributed by atoms with Crippen molar-refractivity contribution in [2.45, 2.75) is 25.7 Å². The minimum absolute atomic E-state index is 0.308. The first-order chi connectivity index (χ1) is 11.3. The Balaban J connectivity index is 2.26. The van der Waals surface area contributed by atoms with Crippen LogP contribution in [0.4, 0.5) is 5.69 Å². The number of halogens is 1. The molecule has 2 rings (SSSR count). The topological polar surface area (TPSA) is 79.0 Å². The maximum atomic E-state index is 12.6. The van der Waals surface area contributed by atoms with Crippen LogP contribution in [-0.2, 0) is 11.0 Å². The van der Waals surface area contributed by atoms with Crippen molar-refractivity contribution in [2.24, 2.45) is 5.73 Å². The normalized spacial score (nSPS) is 12.8. The predicted molar refractivity (Wildman–Crippen MR) is 102 cm³/mol. The van der Waals surface area contributed by atoms with Gasteiger partial charge in [0.25, 0.3) is 0 Å². The van der Waals surface area contributed by atoms with Gasteiger partial charge in [-0.25, -0.2) is 4.21 Å². The summed E-state index contributed by atoms with van der Waals surface area (Å²) in [5.74, 6) is 0. The summed E-state index contributed by atoms with van der Waals surface area (Å²) in [4.78, 5) is 0.690. The summed E-state index contributed by atoms with van der Waals surface area (Å²) in [5, 5.41) is 8.67. The lowest BCUT2D eigenvalue weighted by molar-refractivity contribution is 0.686. The highest BCUT2D eigenvalue weighted by Crippen LogP contribution is 2.24. The summed E-state index contributed by atoms with van der Waals surface area (Å²) in [6.45, 7) is 5.49. The van der Waals surface area contributed by atoms with E-state index in [0.717, 1.165) is 11.1 Å². The van der Waals surface area contributed by atoms with E-state index in [1.165, 1.54) is 0 Å². The van der Waals surface area contributed by atoms with Crippen LogP contribution in [0.25, 0.3) is 0 Å². The molecule has 0 aromatic heterocycles. The minimum atomic E-state index is -1.42. The number of hydrogen-bond acceptors (Lipinski definition) is 3. The van der Waals surface area contributed by atoms with Crippen LogP contribution in [0.15, 0.2) is 53.1 Å². The Kier molecular flexibility index (Phi) is 5.80. The lowest BCUT2D eigenvalue weighted by Gasteiger charge is -2.11. The van der Waals surface area contributed by atoms with Gasteiger partial charge in [-0.1, -0.05) is 23.7 Å². The van der Waals surface area contributed by atoms with Crippen LogP contribution in [0.2, 0.25) is 5.02 Å². The van der Waals surface area contributed by atoms with Gasteiger partial charge in [-0.3, -0.25) is 0 Å². The van der Waals surface area contributed by atoms with Crippen LogP contribution >= 0.6 is 11.6 Å². The number of allylic oxidation sites excluding steroid dienone is 2. The molecule has 0 aliphatic carbocycles. The number of nitrogens with one attached hydrogen (secondary N) is 2. The molecule has 0 saturated heterocycles. The van der Waals surface area contributed by atoms with E-state index < -0.39 is 11.0 Å². The van der Waals surface area contributed by atoms with Gasteiger partial charge in [-0.15, -0.1) is 0 Å². The monoisotopic (exact) mass is 361 g/mol. The SMILES string of the molecule is C/C(N)=C/C(=N)c1cccc(NS(=O)c2cc(C)c(Cl)cc2C)c1. The quantitative estimate of drug-likeness (QED) is 0.693. The Labute approximate surface area is 149 Å². The number of hydrogen-bond donors (Lipinski definition) is 3. The van der Waals surface area contributed by atoms with Crippen molar-refractivity contribution < 1.29 is 4.21 Å². The molecular formula is C18H20ClN3OS. The van der Waals surface area contributed by atoms with Crippen molar-refractivity contribution >= 4 is 34.0 Å². The molecule has 24 heavy (non-hydrogen) atoms. The van der Waals surface area contributed by atoms with Crippen LogP contribution in [0.3, 0.4) is 0 Å². The van der Waals surface area contributed by atoms with Gasteiger partial charge >= 0.3 is 0 Å². The van der Waals surface area contributed by atoms with Gasteiger partial charge in [-0.05, 0) is 62.2 Å². The average molecular weight is 362 g/mol. The van der Waals surface area contributed by atoms with E-state index in [1.807, 2.05) is 44.2 Å². The molecule has 0 aliphatic heterocycles. The fraction of sp³-hybridized carbons (Fsp3) is 0.167. The molecule has 0 bridgehead atoms. The van der Waals surface area contributed by atoms with Crippen molar-refractivity contribution in [3.05, 3.63) is 69.9 Å². The Hall–Kier alpha value is -2.11. The second-order valence-electron chi connectivity index (χ2n) is 5.62. The third kappa shape index (κ3) is 4.46. The fourth-order valence-corrected chi connectivity index (χ4v) is 3.48. The summed E-state index contributed by atoms with van der Waals surface area (Å²) in [6.07, 6.45) is 1.59. The Bertz CT molecular complexity index is 842. The van der Waals surface area contributed by atoms with E-state index >= 15 is 0 Å². The Morgan fingerprint density at radius 2 is 1.96 bits per heavy atom. The molecule has 1 unspecified atom stereocenters. The second-order valence-corrected chi connectivity index (χ2v) is 7.21. The third-order valence-corrected chi connectivity index (χ3v) is 5.08. The molecule has 6 heteroatoms. The Morgan fingerprint density at radius 1 is 1.25 bits per heavy atom. The molecule has 2 aromatic carbocycles. The fourth-order valence-electron chi connectivity index (χ4n) is 2.18. The van der Waals surface area contributed by atoms with Gasteiger partial charge in [0, 0.05) is 22.0 Å². The average Bonchev–Trinajstić information content (AvgIpc) is 2.50. The number of anilines is 1. The summed E-state index contributed by atoms with van der Waals surface area (Å²) in [7, 11) is -1.42. The molecule has 0 heterocycles. The number of aryl methyl sites for hydroxylation is 2. The highest BCUT2D eigenvalue weighted by atomic mass is 35.5. The number of nitrogens with two attached hydrogens (primary N) is 1. The van der Waals surface area contributed by atoms with Crippen LogP contribution in [0, 0.1) is 19.3 Å². The van der Waals surface area contributed by atoms with Gasteiger partial charge in [0.15, 0.2) is 11.0 Å². The second kappa shape index (κ2) is 7.64. The lowest BCUT2D eigenvalue weighted by Crippen LogP contribution is -2.08. The molecule has 0 radical (unpaired) electrons. The van der Waals surface area contributed by atoms with Crippen LogP contribution < -0.4 is 10.5 Å². The standard InChI is InChI=1S/C18H20ClN3OS/c1-11-8-18(12(2)7-16(11)19)24(23)22-15-6-4-5-14(10-15)17(21)9-13(3)20/h4-10,21-22H,20H2,1-3H3/b13-9-,21-17?. The summed E-state index contributed by atoms with van der Waals surface area (Å²) < 4.78 is 15.6. The van der Waals surface area contributed by atoms with E-state index in [9.17, 15) is 4.21 Å². The molecule has 1 atom stereocenters. The zero-order valence-electron chi connectivity index (χ0n) is 13.8. The molecule has 0 aliphatic rings. The summed E-state index contributed by atoms with van der Waals surface area (Å²) in [6, 6.07) is 10.8. The van der Waals surface area contributed by atoms with Crippen molar-refractivity contribution in [3.8, 4) is 0 Å². The smallest absolute Gasteiger partial charge is 0.150 e. The first-order valence-corrected chi connectivity index (χ1v) is 8.88. The van der Waals surface area contributed by atoms with Crippen molar-refractivity contribution in [3.63, 3.8) is 0 Å². The largest absolute Gasteiger partial charge is 0.402 e. The van der Waals surface area contributed by atoms with Gasteiger partial charge in [0.1, 0.15) is 0 Å². The highest BCUT2D eigenvalue weighted by molar-refractivity contribution is 7.86. The maximum Gasteiger partial charge on any atom is 0.150 e. The van der Waals surface area contributed by atoms with E-state index in [4.69, 9.17) is 22.7 Å². The molecule has 4 N–H and O–H groups in total. The third-order valence-electron chi connectivity index (χ3n) is 3.41. The van der Waals surface area contributed by atoms with E-state index in [-0.39, 0.29) is 0 Å². The van der Waals surface area contributed by atoms with Crippen LogP contribution in [-0.4, -0.2) is 9.92 Å². The zero-order chi connectivity index (χ0) is 17.9. The van der Waals surface area contributed by atoms with Gasteiger partial charge in [0.05, 0.1) is 10.6 Å². The van der Waals surface area contributed by atoms with Gasteiger partial charge in [0.2, 0.25) is 0 Å². The van der Waals surface area contributed by atoms with Crippen molar-refractivity contribution in [1.82, 2.24) is 0 Å².